The van der Waals surface area contributed by atoms with Gasteiger partial charge in [-0.2, -0.15) is 5.10 Å². The lowest BCUT2D eigenvalue weighted by atomic mass is 9.98. The molecule has 3 aromatic heterocycles. The molecule has 300 valence electrons. The summed E-state index contributed by atoms with van der Waals surface area (Å²) in [6.45, 7) is 4.27. The SMILES string of the molecule is COc1cn2ccnc2cc1-c1ccc(N(C)c2nn(C3CCN(c4ccc5c(c4)CN(C4CCC(=O)NC4=O)C5=O)CC3)c3c2CN(C(C)=O)CC3)cc1C(F)F. The van der Waals surface area contributed by atoms with Gasteiger partial charge in [-0.25, -0.2) is 13.8 Å². The molecule has 1 N–H and O–H groups in total. The van der Waals surface area contributed by atoms with Gasteiger partial charge in [-0.15, -0.1) is 0 Å². The summed E-state index contributed by atoms with van der Waals surface area (Å²) < 4.78 is 39.2. The number of aromatic nitrogens is 4. The number of carbonyl (C=O) groups excluding carboxylic acids is 4. The number of pyridine rings is 1. The lowest BCUT2D eigenvalue weighted by Crippen LogP contribution is -2.52. The van der Waals surface area contributed by atoms with Crippen molar-refractivity contribution in [2.24, 2.45) is 0 Å². The lowest BCUT2D eigenvalue weighted by molar-refractivity contribution is -0.137. The number of hydrogen-bond acceptors (Lipinski definition) is 9. The van der Waals surface area contributed by atoms with Crippen molar-refractivity contribution in [1.29, 1.82) is 0 Å². The Bertz CT molecular complexity index is 2490. The molecule has 0 radical (unpaired) electrons. The first-order chi connectivity index (χ1) is 28.0. The van der Waals surface area contributed by atoms with Crippen LogP contribution in [-0.4, -0.2) is 92.4 Å². The van der Waals surface area contributed by atoms with Gasteiger partial charge >= 0.3 is 0 Å². The quantitative estimate of drug-likeness (QED) is 0.205. The van der Waals surface area contributed by atoms with Crippen LogP contribution in [0.4, 0.5) is 26.0 Å². The molecule has 0 saturated carbocycles. The number of halogens is 2. The minimum Gasteiger partial charge on any atom is -0.495 e. The summed E-state index contributed by atoms with van der Waals surface area (Å²) >= 11 is 0. The zero-order chi connectivity index (χ0) is 40.4. The van der Waals surface area contributed by atoms with Gasteiger partial charge in [0.2, 0.25) is 17.7 Å². The maximum absolute atomic E-state index is 14.9. The van der Waals surface area contributed by atoms with Gasteiger partial charge in [0.1, 0.15) is 17.4 Å². The van der Waals surface area contributed by atoms with Crippen LogP contribution < -0.4 is 19.9 Å². The molecule has 2 saturated heterocycles. The van der Waals surface area contributed by atoms with Crippen LogP contribution in [0.15, 0.2) is 61.1 Å². The molecular weight excluding hydrogens is 749 g/mol. The highest BCUT2D eigenvalue weighted by Crippen LogP contribution is 2.42. The van der Waals surface area contributed by atoms with Crippen molar-refractivity contribution >= 4 is 46.5 Å². The van der Waals surface area contributed by atoms with Crippen LogP contribution in [0.3, 0.4) is 0 Å². The van der Waals surface area contributed by atoms with Crippen molar-refractivity contribution in [2.75, 3.05) is 43.6 Å². The fraction of sp³-hybridized carbons (Fsp3) is 0.381. The second kappa shape index (κ2) is 14.6. The number of amides is 4. The monoisotopic (exact) mass is 791 g/mol. The van der Waals surface area contributed by atoms with Gasteiger partial charge in [-0.1, -0.05) is 6.07 Å². The zero-order valence-corrected chi connectivity index (χ0v) is 32.5. The Balaban J connectivity index is 0.969. The number of imide groups is 1. The summed E-state index contributed by atoms with van der Waals surface area (Å²) in [5.41, 5.74) is 6.24. The number of rotatable bonds is 8. The van der Waals surface area contributed by atoms with E-state index >= 15 is 0 Å². The predicted molar refractivity (Wildman–Crippen MR) is 210 cm³/mol. The Labute approximate surface area is 333 Å². The normalized spacial score (nSPS) is 18.6. The van der Waals surface area contributed by atoms with Crippen molar-refractivity contribution in [3.63, 3.8) is 0 Å². The van der Waals surface area contributed by atoms with E-state index in [1.165, 1.54) is 13.2 Å². The zero-order valence-electron chi connectivity index (χ0n) is 32.5. The Kier molecular flexibility index (Phi) is 9.36. The molecule has 4 aliphatic rings. The van der Waals surface area contributed by atoms with E-state index in [0.29, 0.717) is 72.1 Å². The number of fused-ring (bicyclic) bond motifs is 3. The highest BCUT2D eigenvalue weighted by molar-refractivity contribution is 6.05. The van der Waals surface area contributed by atoms with Crippen LogP contribution in [0.5, 0.6) is 5.75 Å². The molecule has 58 heavy (non-hydrogen) atoms. The number of piperidine rings is 2. The van der Waals surface area contributed by atoms with Crippen LogP contribution >= 0.6 is 0 Å². The van der Waals surface area contributed by atoms with E-state index in [0.717, 1.165) is 48.4 Å². The first-order valence-electron chi connectivity index (χ1n) is 19.5. The second-order valence-corrected chi connectivity index (χ2v) is 15.4. The van der Waals surface area contributed by atoms with Crippen molar-refractivity contribution in [3.8, 4) is 16.9 Å². The number of nitrogens with zero attached hydrogens (tertiary/aromatic N) is 8. The molecule has 0 aliphatic carbocycles. The number of methoxy groups -OCH3 is 1. The van der Waals surface area contributed by atoms with Gasteiger partial charge in [-0.3, -0.25) is 29.2 Å². The molecule has 4 aliphatic heterocycles. The molecule has 5 aromatic rings. The fourth-order valence-electron chi connectivity index (χ4n) is 9.02. The number of ether oxygens (including phenoxy) is 1. The molecule has 1 unspecified atom stereocenters. The average Bonchev–Trinajstić information content (AvgIpc) is 3.94. The summed E-state index contributed by atoms with van der Waals surface area (Å²) in [7, 11) is 3.33. The third-order valence-corrected chi connectivity index (χ3v) is 12.2. The molecule has 1 atom stereocenters. The van der Waals surface area contributed by atoms with Gasteiger partial charge in [0, 0.05) is 105 Å². The topological polar surface area (TPSA) is 138 Å². The van der Waals surface area contributed by atoms with Gasteiger partial charge < -0.3 is 28.7 Å². The molecule has 2 fully saturated rings. The number of alkyl halides is 2. The van der Waals surface area contributed by atoms with Crippen molar-refractivity contribution < 1.29 is 32.7 Å². The van der Waals surface area contributed by atoms with E-state index in [1.807, 2.05) is 30.1 Å². The van der Waals surface area contributed by atoms with Crippen LogP contribution in [0.2, 0.25) is 0 Å². The van der Waals surface area contributed by atoms with Crippen LogP contribution in [-0.2, 0) is 33.9 Å². The molecule has 7 heterocycles. The smallest absolute Gasteiger partial charge is 0.264 e. The predicted octanol–water partition coefficient (Wildman–Crippen LogP) is 5.42. The summed E-state index contributed by atoms with van der Waals surface area (Å²) in [6.07, 6.45) is 5.08. The van der Waals surface area contributed by atoms with E-state index in [4.69, 9.17) is 9.84 Å². The van der Waals surface area contributed by atoms with Crippen LogP contribution in [0.1, 0.15) is 77.8 Å². The first kappa shape index (κ1) is 37.3. The van der Waals surface area contributed by atoms with Gasteiger partial charge in [-0.05, 0) is 66.8 Å². The average molecular weight is 792 g/mol. The van der Waals surface area contributed by atoms with Gasteiger partial charge in [0.15, 0.2) is 5.82 Å². The van der Waals surface area contributed by atoms with Crippen molar-refractivity contribution in [2.45, 2.75) is 70.6 Å². The minimum absolute atomic E-state index is 0.0377. The molecule has 14 nitrogen and oxygen atoms in total. The number of hydrogen-bond donors (Lipinski definition) is 1. The fourth-order valence-corrected chi connectivity index (χ4v) is 9.02. The van der Waals surface area contributed by atoms with Crippen LogP contribution in [0.25, 0.3) is 16.8 Å². The third kappa shape index (κ3) is 6.40. The maximum atomic E-state index is 14.9. The molecule has 0 spiro atoms. The van der Waals surface area contributed by atoms with Crippen molar-refractivity contribution in [1.82, 2.24) is 34.3 Å². The number of carbonyl (C=O) groups is 4. The van der Waals surface area contributed by atoms with E-state index in [2.05, 4.69) is 19.9 Å². The number of nitrogens with one attached hydrogen (secondary N) is 1. The highest BCUT2D eigenvalue weighted by atomic mass is 19.3. The summed E-state index contributed by atoms with van der Waals surface area (Å²) in [4.78, 5) is 61.9. The number of anilines is 3. The number of benzene rings is 2. The van der Waals surface area contributed by atoms with E-state index < -0.39 is 18.4 Å². The first-order valence-corrected chi connectivity index (χ1v) is 19.5. The van der Waals surface area contributed by atoms with Crippen LogP contribution in [0, 0.1) is 0 Å². The summed E-state index contributed by atoms with van der Waals surface area (Å²) in [5.74, 6) is 0.0846. The Morgan fingerprint density at radius 3 is 2.50 bits per heavy atom. The lowest BCUT2D eigenvalue weighted by Gasteiger charge is -2.35. The highest BCUT2D eigenvalue weighted by Gasteiger charge is 2.40. The molecule has 9 rings (SSSR count). The van der Waals surface area contributed by atoms with E-state index in [-0.39, 0.29) is 35.7 Å². The number of imidazole rings is 1. The maximum Gasteiger partial charge on any atom is 0.264 e. The third-order valence-electron chi connectivity index (χ3n) is 12.2. The van der Waals surface area contributed by atoms with E-state index in [1.54, 1.807) is 57.9 Å². The molecular formula is C42H43F2N9O5. The summed E-state index contributed by atoms with van der Waals surface area (Å²) in [5, 5.41) is 7.54. The second-order valence-electron chi connectivity index (χ2n) is 15.4. The molecule has 2 aromatic carbocycles. The standard InChI is InChI=1S/C42H43F2N9O5/c1-24(54)50-16-12-34-33(22-50)40(48(2)27-4-7-30(32(19-27)39(43)44)31-20-37-45-13-17-51(37)23-36(31)58-3)47-53(34)26-10-14-49(15-11-26)28-5-6-29-25(18-28)21-52(42(29)57)35-8-9-38(55)46-41(35)56/h4-7,13,17-20,23,26,35,39H,8-12,14-16,21-22H2,1-3H3,(H,46,55,56). The van der Waals surface area contributed by atoms with Gasteiger partial charge in [0.05, 0.1) is 25.9 Å². The molecule has 4 amide bonds. The van der Waals surface area contributed by atoms with E-state index in [9.17, 15) is 28.0 Å². The van der Waals surface area contributed by atoms with Gasteiger partial charge in [0.25, 0.3) is 12.3 Å². The minimum atomic E-state index is -2.77. The molecule has 16 heteroatoms. The Hall–Kier alpha value is -6.32. The summed E-state index contributed by atoms with van der Waals surface area (Å²) in [6, 6.07) is 12.0. The largest absolute Gasteiger partial charge is 0.495 e. The molecule has 0 bridgehead atoms. The van der Waals surface area contributed by atoms with Crippen molar-refractivity contribution in [3.05, 3.63) is 89.0 Å². The Morgan fingerprint density at radius 1 is 0.966 bits per heavy atom. The Morgan fingerprint density at radius 2 is 1.76 bits per heavy atom.